The normalized spacial score (nSPS) is 18.6. The van der Waals surface area contributed by atoms with E-state index < -0.39 is 0 Å². The van der Waals surface area contributed by atoms with Crippen LogP contribution in [0, 0.1) is 0 Å². The summed E-state index contributed by atoms with van der Waals surface area (Å²) in [5.41, 5.74) is 1.08. The van der Waals surface area contributed by atoms with Crippen LogP contribution in [0.2, 0.25) is 0 Å². The van der Waals surface area contributed by atoms with Crippen LogP contribution in [0.3, 0.4) is 0 Å². The third-order valence-corrected chi connectivity index (χ3v) is 3.82. The molecule has 19 heavy (non-hydrogen) atoms. The summed E-state index contributed by atoms with van der Waals surface area (Å²) in [6.45, 7) is 2.21. The number of halogens is 1. The SMILES string of the molecule is CNCCN1CC(c2ccc(OC)c(Br)c2)NC1=O. The molecule has 2 rings (SSSR count). The smallest absolute Gasteiger partial charge is 0.318 e. The summed E-state index contributed by atoms with van der Waals surface area (Å²) >= 11 is 3.47. The van der Waals surface area contributed by atoms with Crippen molar-refractivity contribution in [2.75, 3.05) is 33.8 Å². The number of nitrogens with zero attached hydrogens (tertiary/aromatic N) is 1. The molecule has 0 aliphatic carbocycles. The highest BCUT2D eigenvalue weighted by Crippen LogP contribution is 2.29. The minimum absolute atomic E-state index is 0.00723. The molecule has 0 aromatic heterocycles. The maximum Gasteiger partial charge on any atom is 0.318 e. The van der Waals surface area contributed by atoms with E-state index in [0.717, 1.165) is 28.9 Å². The lowest BCUT2D eigenvalue weighted by Crippen LogP contribution is -2.33. The van der Waals surface area contributed by atoms with Gasteiger partial charge in [0.2, 0.25) is 0 Å². The molecular formula is C13H18BrN3O2. The molecule has 1 aliphatic rings. The van der Waals surface area contributed by atoms with Crippen LogP contribution in [0.15, 0.2) is 22.7 Å². The Labute approximate surface area is 121 Å². The fraction of sp³-hybridized carbons (Fsp3) is 0.462. The Kier molecular flexibility index (Phi) is 4.66. The van der Waals surface area contributed by atoms with Gasteiger partial charge in [-0.3, -0.25) is 0 Å². The number of hydrogen-bond acceptors (Lipinski definition) is 3. The Morgan fingerprint density at radius 2 is 2.37 bits per heavy atom. The molecule has 1 heterocycles. The summed E-state index contributed by atoms with van der Waals surface area (Å²) in [7, 11) is 3.52. The topological polar surface area (TPSA) is 53.6 Å². The van der Waals surface area contributed by atoms with Gasteiger partial charge >= 0.3 is 6.03 Å². The number of carbonyl (C=O) groups excluding carboxylic acids is 1. The Morgan fingerprint density at radius 3 is 3.00 bits per heavy atom. The van der Waals surface area contributed by atoms with Gasteiger partial charge in [0, 0.05) is 19.6 Å². The van der Waals surface area contributed by atoms with Crippen molar-refractivity contribution in [3.8, 4) is 5.75 Å². The lowest BCUT2D eigenvalue weighted by molar-refractivity contribution is 0.218. The van der Waals surface area contributed by atoms with Crippen molar-refractivity contribution in [3.63, 3.8) is 0 Å². The molecule has 1 unspecified atom stereocenters. The number of methoxy groups -OCH3 is 1. The highest BCUT2D eigenvalue weighted by molar-refractivity contribution is 9.10. The van der Waals surface area contributed by atoms with Gasteiger partial charge in [-0.25, -0.2) is 4.79 Å². The van der Waals surface area contributed by atoms with Crippen LogP contribution >= 0.6 is 15.9 Å². The van der Waals surface area contributed by atoms with E-state index in [2.05, 4.69) is 26.6 Å². The van der Waals surface area contributed by atoms with Crippen LogP contribution in [0.25, 0.3) is 0 Å². The van der Waals surface area contributed by atoms with Crippen LogP contribution < -0.4 is 15.4 Å². The second kappa shape index (κ2) is 6.25. The maximum absolute atomic E-state index is 11.8. The standard InChI is InChI=1S/C13H18BrN3O2/c1-15-5-6-17-8-11(16-13(17)18)9-3-4-12(19-2)10(14)7-9/h3-4,7,11,15H,5-6,8H2,1-2H3,(H,16,18). The second-order valence-electron chi connectivity index (χ2n) is 4.45. The summed E-state index contributed by atoms with van der Waals surface area (Å²) in [6.07, 6.45) is 0. The van der Waals surface area contributed by atoms with Gasteiger partial charge in [0.15, 0.2) is 0 Å². The van der Waals surface area contributed by atoms with E-state index in [1.165, 1.54) is 0 Å². The summed E-state index contributed by atoms with van der Waals surface area (Å²) in [6, 6.07) is 5.90. The largest absolute Gasteiger partial charge is 0.496 e. The van der Waals surface area contributed by atoms with Gasteiger partial charge in [-0.2, -0.15) is 0 Å². The van der Waals surface area contributed by atoms with E-state index >= 15 is 0 Å². The van der Waals surface area contributed by atoms with E-state index in [0.29, 0.717) is 6.54 Å². The summed E-state index contributed by atoms with van der Waals surface area (Å²) in [5.74, 6) is 0.792. The number of benzene rings is 1. The van der Waals surface area contributed by atoms with E-state index in [1.54, 1.807) is 7.11 Å². The van der Waals surface area contributed by atoms with Gasteiger partial charge < -0.3 is 20.3 Å². The first-order valence-corrected chi connectivity index (χ1v) is 6.98. The van der Waals surface area contributed by atoms with Crippen LogP contribution in [-0.2, 0) is 0 Å². The average Bonchev–Trinajstić information content (AvgIpc) is 2.77. The first kappa shape index (κ1) is 14.1. The molecule has 2 amide bonds. The number of amides is 2. The van der Waals surface area contributed by atoms with Crippen molar-refractivity contribution in [2.24, 2.45) is 0 Å². The van der Waals surface area contributed by atoms with Crippen LogP contribution in [0.1, 0.15) is 11.6 Å². The fourth-order valence-corrected chi connectivity index (χ4v) is 2.68. The number of ether oxygens (including phenoxy) is 1. The highest BCUT2D eigenvalue weighted by Gasteiger charge is 2.29. The molecule has 1 aliphatic heterocycles. The summed E-state index contributed by atoms with van der Waals surface area (Å²) in [4.78, 5) is 13.6. The van der Waals surface area contributed by atoms with Crippen molar-refractivity contribution in [3.05, 3.63) is 28.2 Å². The van der Waals surface area contributed by atoms with Gasteiger partial charge in [0.25, 0.3) is 0 Å². The summed E-state index contributed by atoms with van der Waals surface area (Å²) in [5, 5.41) is 6.04. The van der Waals surface area contributed by atoms with Crippen LogP contribution in [-0.4, -0.2) is 44.7 Å². The second-order valence-corrected chi connectivity index (χ2v) is 5.30. The van der Waals surface area contributed by atoms with Gasteiger partial charge in [-0.1, -0.05) is 6.07 Å². The Bertz CT molecular complexity index is 467. The van der Waals surface area contributed by atoms with Crippen molar-refractivity contribution in [1.82, 2.24) is 15.5 Å². The zero-order valence-corrected chi connectivity index (χ0v) is 12.7. The molecule has 0 spiro atoms. The van der Waals surface area contributed by atoms with Gasteiger partial charge in [-0.05, 0) is 40.7 Å². The number of nitrogens with one attached hydrogen (secondary N) is 2. The zero-order chi connectivity index (χ0) is 13.8. The van der Waals surface area contributed by atoms with Gasteiger partial charge in [-0.15, -0.1) is 0 Å². The van der Waals surface area contributed by atoms with E-state index in [-0.39, 0.29) is 12.1 Å². The van der Waals surface area contributed by atoms with E-state index in [4.69, 9.17) is 4.74 Å². The zero-order valence-electron chi connectivity index (χ0n) is 11.1. The number of carbonyl (C=O) groups is 1. The number of likely N-dealkylation sites (N-methyl/N-ethyl adjacent to an activating group) is 1. The third kappa shape index (κ3) is 3.19. The number of rotatable bonds is 5. The molecule has 6 heteroatoms. The molecule has 1 aromatic rings. The van der Waals surface area contributed by atoms with Crippen molar-refractivity contribution >= 4 is 22.0 Å². The fourth-order valence-electron chi connectivity index (χ4n) is 2.12. The Hall–Kier alpha value is -1.27. The minimum Gasteiger partial charge on any atom is -0.496 e. The van der Waals surface area contributed by atoms with Gasteiger partial charge in [0.05, 0.1) is 17.6 Å². The maximum atomic E-state index is 11.8. The first-order chi connectivity index (χ1) is 9.15. The molecule has 1 fully saturated rings. The lowest BCUT2D eigenvalue weighted by Gasteiger charge is -2.14. The molecule has 0 saturated carbocycles. The molecular weight excluding hydrogens is 310 g/mol. The van der Waals surface area contributed by atoms with Crippen LogP contribution in [0.5, 0.6) is 5.75 Å². The van der Waals surface area contributed by atoms with Crippen molar-refractivity contribution in [1.29, 1.82) is 0 Å². The molecule has 1 saturated heterocycles. The molecule has 5 nitrogen and oxygen atoms in total. The van der Waals surface area contributed by atoms with E-state index in [9.17, 15) is 4.79 Å². The Balaban J connectivity index is 2.07. The Morgan fingerprint density at radius 1 is 1.58 bits per heavy atom. The first-order valence-electron chi connectivity index (χ1n) is 6.19. The number of hydrogen-bond donors (Lipinski definition) is 2. The molecule has 104 valence electrons. The lowest BCUT2D eigenvalue weighted by atomic mass is 10.1. The number of urea groups is 1. The third-order valence-electron chi connectivity index (χ3n) is 3.20. The molecule has 2 N–H and O–H groups in total. The summed E-state index contributed by atoms with van der Waals surface area (Å²) < 4.78 is 6.10. The van der Waals surface area contributed by atoms with Gasteiger partial charge in [0.1, 0.15) is 5.75 Å². The van der Waals surface area contributed by atoms with E-state index in [1.807, 2.05) is 30.1 Å². The molecule has 1 aromatic carbocycles. The monoisotopic (exact) mass is 327 g/mol. The molecule has 0 bridgehead atoms. The quantitative estimate of drug-likeness (QED) is 0.866. The van der Waals surface area contributed by atoms with Crippen LogP contribution in [0.4, 0.5) is 4.79 Å². The molecule has 1 atom stereocenters. The van der Waals surface area contributed by atoms with Crippen molar-refractivity contribution < 1.29 is 9.53 Å². The highest BCUT2D eigenvalue weighted by atomic mass is 79.9. The molecule has 0 radical (unpaired) electrons. The van der Waals surface area contributed by atoms with Crippen molar-refractivity contribution in [2.45, 2.75) is 6.04 Å². The predicted octanol–water partition coefficient (Wildman–Crippen LogP) is 1.74. The minimum atomic E-state index is -0.00723. The predicted molar refractivity (Wildman–Crippen MR) is 77.5 cm³/mol. The average molecular weight is 328 g/mol.